The highest BCUT2D eigenvalue weighted by atomic mass is 35.5. The van der Waals surface area contributed by atoms with Gasteiger partial charge in [0.05, 0.1) is 6.54 Å². The molecule has 3 rings (SSSR count). The van der Waals surface area contributed by atoms with Crippen molar-refractivity contribution in [3.63, 3.8) is 0 Å². The van der Waals surface area contributed by atoms with Crippen LogP contribution in [0.3, 0.4) is 0 Å². The smallest absolute Gasteiger partial charge is 0.227 e. The van der Waals surface area contributed by atoms with E-state index < -0.39 is 0 Å². The number of benzene rings is 1. The number of aromatic nitrogens is 2. The molecule has 1 aliphatic rings. The highest BCUT2D eigenvalue weighted by molar-refractivity contribution is 5.89. The van der Waals surface area contributed by atoms with E-state index in [1.807, 2.05) is 29.0 Å². The summed E-state index contributed by atoms with van der Waals surface area (Å²) in [5, 5.41) is 2.92. The lowest BCUT2D eigenvalue weighted by Gasteiger charge is -2.15. The number of nitrogens with zero attached hydrogens (tertiary/aromatic N) is 2. The zero-order valence-electron chi connectivity index (χ0n) is 13.0. The van der Waals surface area contributed by atoms with Crippen molar-refractivity contribution < 1.29 is 4.79 Å². The fourth-order valence-electron chi connectivity index (χ4n) is 3.07. The van der Waals surface area contributed by atoms with Crippen molar-refractivity contribution in [2.75, 3.05) is 5.32 Å². The number of rotatable bonds is 5. The van der Waals surface area contributed by atoms with Crippen LogP contribution in [0.15, 0.2) is 42.7 Å². The first-order valence-corrected chi connectivity index (χ1v) is 7.83. The summed E-state index contributed by atoms with van der Waals surface area (Å²) >= 11 is 0. The molecule has 124 valence electrons. The van der Waals surface area contributed by atoms with Crippen molar-refractivity contribution in [1.29, 1.82) is 0 Å². The molecule has 23 heavy (non-hydrogen) atoms. The normalized spacial score (nSPS) is 20.0. The summed E-state index contributed by atoms with van der Waals surface area (Å²) < 4.78 is 1.95. The Morgan fingerprint density at radius 1 is 1.30 bits per heavy atom. The number of hydrogen-bond acceptors (Lipinski definition) is 3. The van der Waals surface area contributed by atoms with E-state index in [-0.39, 0.29) is 24.4 Å². The van der Waals surface area contributed by atoms with Crippen molar-refractivity contribution >= 4 is 24.3 Å². The molecule has 0 aliphatic heterocycles. The van der Waals surface area contributed by atoms with Gasteiger partial charge in [0.2, 0.25) is 11.9 Å². The van der Waals surface area contributed by atoms with Gasteiger partial charge in [0.1, 0.15) is 0 Å². The van der Waals surface area contributed by atoms with E-state index in [1.54, 1.807) is 6.20 Å². The van der Waals surface area contributed by atoms with Gasteiger partial charge in [0, 0.05) is 24.9 Å². The molecule has 5 nitrogen and oxygen atoms in total. The van der Waals surface area contributed by atoms with Crippen molar-refractivity contribution in [3.8, 4) is 0 Å². The molecule has 0 saturated heterocycles. The van der Waals surface area contributed by atoms with Crippen molar-refractivity contribution in [3.05, 3.63) is 48.3 Å². The van der Waals surface area contributed by atoms with Crippen LogP contribution in [0, 0.1) is 5.92 Å². The van der Waals surface area contributed by atoms with Gasteiger partial charge in [-0.2, -0.15) is 0 Å². The third-order valence-electron chi connectivity index (χ3n) is 4.33. The maximum Gasteiger partial charge on any atom is 0.227 e. The van der Waals surface area contributed by atoms with Crippen molar-refractivity contribution in [2.24, 2.45) is 11.7 Å². The Labute approximate surface area is 142 Å². The average molecular weight is 335 g/mol. The number of nitrogens with one attached hydrogen (secondary N) is 1. The molecule has 1 aliphatic carbocycles. The van der Waals surface area contributed by atoms with Crippen LogP contribution in [0.2, 0.25) is 0 Å². The summed E-state index contributed by atoms with van der Waals surface area (Å²) in [6.07, 6.45) is 7.28. The fraction of sp³-hybridized carbons (Fsp3) is 0.412. The molecule has 0 radical (unpaired) electrons. The third-order valence-corrected chi connectivity index (χ3v) is 4.33. The number of nitrogens with two attached hydrogens (primary N) is 1. The topological polar surface area (TPSA) is 72.9 Å². The summed E-state index contributed by atoms with van der Waals surface area (Å²) in [5.41, 5.74) is 7.21. The summed E-state index contributed by atoms with van der Waals surface area (Å²) in [6.45, 7) is 0.694. The van der Waals surface area contributed by atoms with E-state index in [9.17, 15) is 4.79 Å². The second-order valence-corrected chi connectivity index (χ2v) is 5.97. The van der Waals surface area contributed by atoms with Gasteiger partial charge >= 0.3 is 0 Å². The monoisotopic (exact) mass is 334 g/mol. The van der Waals surface area contributed by atoms with E-state index in [0.29, 0.717) is 24.8 Å². The SMILES string of the molecule is Cl.N[C@@H]1CCC[C@H]1CC(=O)Nc1nccn1Cc1ccccc1. The second-order valence-electron chi connectivity index (χ2n) is 5.97. The molecule has 2 atom stereocenters. The molecule has 1 aromatic heterocycles. The van der Waals surface area contributed by atoms with Gasteiger partial charge in [-0.1, -0.05) is 36.8 Å². The minimum absolute atomic E-state index is 0. The highest BCUT2D eigenvalue weighted by Crippen LogP contribution is 2.27. The first kappa shape index (κ1) is 17.5. The molecule has 0 unspecified atom stereocenters. The maximum atomic E-state index is 12.2. The van der Waals surface area contributed by atoms with Gasteiger partial charge in [0.15, 0.2) is 0 Å². The van der Waals surface area contributed by atoms with Crippen LogP contribution in [0.4, 0.5) is 5.95 Å². The molecule has 1 fully saturated rings. The second kappa shape index (κ2) is 8.13. The van der Waals surface area contributed by atoms with Crippen LogP contribution < -0.4 is 11.1 Å². The summed E-state index contributed by atoms with van der Waals surface area (Å²) in [4.78, 5) is 16.4. The lowest BCUT2D eigenvalue weighted by molar-refractivity contribution is -0.117. The third kappa shape index (κ3) is 4.56. The standard InChI is InChI=1S/C17H22N4O.ClH/c18-15-8-4-7-14(15)11-16(22)20-17-19-9-10-21(17)12-13-5-2-1-3-6-13;/h1-3,5-6,9-10,14-15H,4,7-8,11-12,18H2,(H,19,20,22);1H/t14-,15+;/m0./s1. The lowest BCUT2D eigenvalue weighted by Crippen LogP contribution is -2.28. The van der Waals surface area contributed by atoms with Gasteiger partial charge in [0.25, 0.3) is 0 Å². The predicted octanol–water partition coefficient (Wildman–Crippen LogP) is 2.81. The lowest BCUT2D eigenvalue weighted by atomic mass is 10.00. The summed E-state index contributed by atoms with van der Waals surface area (Å²) in [5.74, 6) is 0.904. The maximum absolute atomic E-state index is 12.2. The molecule has 6 heteroatoms. The molecule has 1 aromatic carbocycles. The minimum Gasteiger partial charge on any atom is -0.327 e. The van der Waals surface area contributed by atoms with Gasteiger partial charge in [-0.15, -0.1) is 12.4 Å². The van der Waals surface area contributed by atoms with Crippen LogP contribution >= 0.6 is 12.4 Å². The van der Waals surface area contributed by atoms with Crippen LogP contribution in [0.5, 0.6) is 0 Å². The number of anilines is 1. The molecule has 0 bridgehead atoms. The molecule has 3 N–H and O–H groups in total. The molecule has 1 heterocycles. The Kier molecular flexibility index (Phi) is 6.19. The highest BCUT2D eigenvalue weighted by Gasteiger charge is 2.26. The van der Waals surface area contributed by atoms with Crippen LogP contribution in [0.25, 0.3) is 0 Å². The number of carbonyl (C=O) groups is 1. The van der Waals surface area contributed by atoms with E-state index >= 15 is 0 Å². The predicted molar refractivity (Wildman–Crippen MR) is 93.6 cm³/mol. The van der Waals surface area contributed by atoms with Gasteiger partial charge in [-0.3, -0.25) is 10.1 Å². The number of amides is 1. The van der Waals surface area contributed by atoms with Crippen molar-refractivity contribution in [2.45, 2.75) is 38.3 Å². The van der Waals surface area contributed by atoms with Gasteiger partial charge in [-0.25, -0.2) is 4.98 Å². The molecule has 0 spiro atoms. The van der Waals surface area contributed by atoms with Crippen molar-refractivity contribution in [1.82, 2.24) is 9.55 Å². The van der Waals surface area contributed by atoms with Gasteiger partial charge < -0.3 is 10.3 Å². The Bertz CT molecular complexity index is 629. The minimum atomic E-state index is 0. The van der Waals surface area contributed by atoms with Crippen LogP contribution in [0.1, 0.15) is 31.2 Å². The Morgan fingerprint density at radius 3 is 2.78 bits per heavy atom. The first-order chi connectivity index (χ1) is 10.7. The Hall–Kier alpha value is -1.85. The number of halogens is 1. The zero-order chi connectivity index (χ0) is 15.4. The van der Waals surface area contributed by atoms with E-state index in [1.165, 1.54) is 5.56 Å². The summed E-state index contributed by atoms with van der Waals surface area (Å²) in [7, 11) is 0. The number of carbonyl (C=O) groups excluding carboxylic acids is 1. The molecule has 1 saturated carbocycles. The van der Waals surface area contributed by atoms with E-state index in [2.05, 4.69) is 22.4 Å². The Balaban J connectivity index is 0.00000192. The molecular formula is C17H23ClN4O. The Morgan fingerprint density at radius 2 is 2.09 bits per heavy atom. The molecule has 2 aromatic rings. The van der Waals surface area contributed by atoms with E-state index in [4.69, 9.17) is 5.73 Å². The average Bonchev–Trinajstić information content (AvgIpc) is 3.10. The number of hydrogen-bond donors (Lipinski definition) is 2. The largest absolute Gasteiger partial charge is 0.327 e. The fourth-order valence-corrected chi connectivity index (χ4v) is 3.07. The van der Waals surface area contributed by atoms with Crippen LogP contribution in [-0.4, -0.2) is 21.5 Å². The first-order valence-electron chi connectivity index (χ1n) is 7.83. The molecule has 1 amide bonds. The van der Waals surface area contributed by atoms with Gasteiger partial charge in [-0.05, 0) is 24.3 Å². The van der Waals surface area contributed by atoms with E-state index in [0.717, 1.165) is 19.3 Å². The molecular weight excluding hydrogens is 312 g/mol. The zero-order valence-corrected chi connectivity index (χ0v) is 13.8. The number of imidazole rings is 1. The van der Waals surface area contributed by atoms with Crippen LogP contribution in [-0.2, 0) is 11.3 Å². The quantitative estimate of drug-likeness (QED) is 0.883. The summed E-state index contributed by atoms with van der Waals surface area (Å²) in [6, 6.07) is 10.3.